The largest absolute Gasteiger partial charge is 0.489 e. The Morgan fingerprint density at radius 1 is 1.10 bits per heavy atom. The van der Waals surface area contributed by atoms with E-state index in [1.807, 2.05) is 13.8 Å². The van der Waals surface area contributed by atoms with E-state index in [4.69, 9.17) is 4.74 Å². The fraction of sp³-hybridized carbons (Fsp3) is 0.350. The Bertz CT molecular complexity index is 862. The van der Waals surface area contributed by atoms with Crippen LogP contribution in [0.3, 0.4) is 0 Å². The van der Waals surface area contributed by atoms with Gasteiger partial charge in [0.15, 0.2) is 15.8 Å². The van der Waals surface area contributed by atoms with Crippen molar-refractivity contribution in [2.75, 3.05) is 25.4 Å². The zero-order valence-electron chi connectivity index (χ0n) is 16.5. The van der Waals surface area contributed by atoms with E-state index in [-0.39, 0.29) is 48.2 Å². The van der Waals surface area contributed by atoms with E-state index in [2.05, 4.69) is 15.6 Å². The summed E-state index contributed by atoms with van der Waals surface area (Å²) in [6, 6.07) is 14.2. The molecule has 1 unspecified atom stereocenters. The summed E-state index contributed by atoms with van der Waals surface area (Å²) in [5.41, 5.74) is 0. The van der Waals surface area contributed by atoms with Crippen molar-refractivity contribution in [1.29, 1.82) is 0 Å². The van der Waals surface area contributed by atoms with E-state index >= 15 is 0 Å². The average molecular weight is 535 g/mol. The molecule has 2 aromatic carbocycles. The number of benzene rings is 2. The van der Waals surface area contributed by atoms with Crippen LogP contribution in [0.1, 0.15) is 13.8 Å². The van der Waals surface area contributed by atoms with Gasteiger partial charge < -0.3 is 15.4 Å². The lowest BCUT2D eigenvalue weighted by molar-refractivity contribution is 0.230. The molecule has 160 valence electrons. The topological polar surface area (TPSA) is 79.8 Å². The summed E-state index contributed by atoms with van der Waals surface area (Å²) in [4.78, 5) is 4.73. The Morgan fingerprint density at radius 2 is 1.76 bits per heavy atom. The highest BCUT2D eigenvalue weighted by atomic mass is 127. The molecular weight excluding hydrogens is 508 g/mol. The van der Waals surface area contributed by atoms with Crippen LogP contribution < -0.4 is 15.4 Å². The second kappa shape index (κ2) is 12.6. The van der Waals surface area contributed by atoms with Gasteiger partial charge in [-0.15, -0.1) is 24.0 Å². The van der Waals surface area contributed by atoms with Gasteiger partial charge in [-0.25, -0.2) is 17.8 Å². The van der Waals surface area contributed by atoms with Crippen molar-refractivity contribution >= 4 is 39.8 Å². The molecule has 0 fully saturated rings. The van der Waals surface area contributed by atoms with Gasteiger partial charge in [-0.2, -0.15) is 0 Å². The van der Waals surface area contributed by atoms with Crippen LogP contribution >= 0.6 is 24.0 Å². The van der Waals surface area contributed by atoms with Crippen LogP contribution in [0.2, 0.25) is 0 Å². The third-order valence-electron chi connectivity index (χ3n) is 3.77. The number of halogens is 2. The second-order valence-electron chi connectivity index (χ2n) is 6.16. The Labute approximate surface area is 188 Å². The Balaban J connectivity index is 0.00000420. The predicted octanol–water partition coefficient (Wildman–Crippen LogP) is 3.24. The summed E-state index contributed by atoms with van der Waals surface area (Å²) < 4.78 is 43.3. The van der Waals surface area contributed by atoms with Crippen LogP contribution in [-0.2, 0) is 9.84 Å². The SMILES string of the molecule is CCNC(=NCC(C)Oc1ccc(F)cc1)NCCS(=O)(=O)c1ccccc1.I. The first kappa shape index (κ1) is 25.2. The molecule has 9 heteroatoms. The summed E-state index contributed by atoms with van der Waals surface area (Å²) in [6.07, 6.45) is -0.228. The van der Waals surface area contributed by atoms with Gasteiger partial charge in [-0.1, -0.05) is 18.2 Å². The van der Waals surface area contributed by atoms with E-state index < -0.39 is 9.84 Å². The van der Waals surface area contributed by atoms with Crippen LogP contribution in [0, 0.1) is 5.82 Å². The molecule has 0 saturated carbocycles. The molecule has 0 aromatic heterocycles. The van der Waals surface area contributed by atoms with Crippen molar-refractivity contribution < 1.29 is 17.5 Å². The number of hydrogen-bond donors (Lipinski definition) is 2. The molecule has 2 rings (SSSR count). The van der Waals surface area contributed by atoms with Crippen molar-refractivity contribution in [1.82, 2.24) is 10.6 Å². The van der Waals surface area contributed by atoms with Crippen LogP contribution in [0.4, 0.5) is 4.39 Å². The van der Waals surface area contributed by atoms with Gasteiger partial charge in [0.2, 0.25) is 0 Å². The molecule has 0 aliphatic heterocycles. The fourth-order valence-corrected chi connectivity index (χ4v) is 3.57. The summed E-state index contributed by atoms with van der Waals surface area (Å²) in [7, 11) is -3.35. The third kappa shape index (κ3) is 8.99. The van der Waals surface area contributed by atoms with E-state index in [9.17, 15) is 12.8 Å². The fourth-order valence-electron chi connectivity index (χ4n) is 2.39. The number of nitrogens with one attached hydrogen (secondary N) is 2. The summed E-state index contributed by atoms with van der Waals surface area (Å²) >= 11 is 0. The third-order valence-corrected chi connectivity index (χ3v) is 5.50. The van der Waals surface area contributed by atoms with Crippen molar-refractivity contribution in [2.45, 2.75) is 24.8 Å². The maximum Gasteiger partial charge on any atom is 0.191 e. The minimum Gasteiger partial charge on any atom is -0.489 e. The maximum absolute atomic E-state index is 12.9. The number of guanidine groups is 1. The van der Waals surface area contributed by atoms with Gasteiger partial charge in [0.1, 0.15) is 17.7 Å². The average Bonchev–Trinajstić information content (AvgIpc) is 2.68. The lowest BCUT2D eigenvalue weighted by atomic mass is 10.3. The van der Waals surface area contributed by atoms with Gasteiger partial charge in [-0.05, 0) is 50.2 Å². The van der Waals surface area contributed by atoms with Gasteiger partial charge in [0.05, 0.1) is 17.2 Å². The Kier molecular flexibility index (Phi) is 11.0. The normalized spacial score (nSPS) is 12.6. The standard InChI is InChI=1S/C20H26FN3O3S.HI/c1-3-22-20(23-13-14-28(25,26)19-7-5-4-6-8-19)24-15-16(2)27-18-11-9-17(21)10-12-18;/h4-12,16H,3,13-15H2,1-2H3,(H2,22,23,24);1H. The molecule has 29 heavy (non-hydrogen) atoms. The number of ether oxygens (including phenoxy) is 1. The number of nitrogens with zero attached hydrogens (tertiary/aromatic N) is 1. The molecule has 6 nitrogen and oxygen atoms in total. The molecule has 0 radical (unpaired) electrons. The lowest BCUT2D eigenvalue weighted by Gasteiger charge is -2.15. The summed E-state index contributed by atoms with van der Waals surface area (Å²) in [5.74, 6) is 0.724. The molecule has 2 aromatic rings. The number of sulfone groups is 1. The number of aliphatic imine (C=N–C) groups is 1. The Morgan fingerprint density at radius 3 is 2.38 bits per heavy atom. The van der Waals surface area contributed by atoms with Gasteiger partial charge in [0.25, 0.3) is 0 Å². The maximum atomic E-state index is 12.9. The quantitative estimate of drug-likeness (QED) is 0.293. The molecule has 0 heterocycles. The molecular formula is C20H27FIN3O3S. The predicted molar refractivity (Wildman–Crippen MR) is 124 cm³/mol. The van der Waals surface area contributed by atoms with E-state index in [1.54, 1.807) is 42.5 Å². The first-order chi connectivity index (χ1) is 13.4. The van der Waals surface area contributed by atoms with Crippen molar-refractivity contribution in [2.24, 2.45) is 4.99 Å². The molecule has 1 atom stereocenters. The monoisotopic (exact) mass is 535 g/mol. The molecule has 2 N–H and O–H groups in total. The first-order valence-corrected chi connectivity index (χ1v) is 10.8. The first-order valence-electron chi connectivity index (χ1n) is 9.13. The van der Waals surface area contributed by atoms with Crippen LogP contribution in [0.5, 0.6) is 5.75 Å². The highest BCUT2D eigenvalue weighted by molar-refractivity contribution is 14.0. The second-order valence-corrected chi connectivity index (χ2v) is 8.27. The Hall–Kier alpha value is -1.88. The smallest absolute Gasteiger partial charge is 0.191 e. The minimum atomic E-state index is -3.35. The molecule has 0 bridgehead atoms. The molecule has 0 saturated heterocycles. The number of hydrogen-bond acceptors (Lipinski definition) is 4. The molecule has 0 amide bonds. The van der Waals surface area contributed by atoms with Crippen LogP contribution in [0.15, 0.2) is 64.5 Å². The number of rotatable bonds is 9. The zero-order valence-corrected chi connectivity index (χ0v) is 19.6. The van der Waals surface area contributed by atoms with E-state index in [0.29, 0.717) is 29.7 Å². The lowest BCUT2D eigenvalue weighted by Crippen LogP contribution is -2.40. The van der Waals surface area contributed by atoms with Crippen LogP contribution in [0.25, 0.3) is 0 Å². The molecule has 0 spiro atoms. The van der Waals surface area contributed by atoms with Crippen molar-refractivity contribution in [3.63, 3.8) is 0 Å². The van der Waals surface area contributed by atoms with Crippen LogP contribution in [-0.4, -0.2) is 45.9 Å². The van der Waals surface area contributed by atoms with E-state index in [0.717, 1.165) is 0 Å². The summed E-state index contributed by atoms with van der Waals surface area (Å²) in [5, 5.41) is 6.10. The molecule has 0 aliphatic rings. The van der Waals surface area contributed by atoms with Gasteiger partial charge >= 0.3 is 0 Å². The minimum absolute atomic E-state index is 0. The van der Waals surface area contributed by atoms with Gasteiger partial charge in [0, 0.05) is 13.1 Å². The van der Waals surface area contributed by atoms with E-state index in [1.165, 1.54) is 12.1 Å². The van der Waals surface area contributed by atoms with Gasteiger partial charge in [-0.3, -0.25) is 0 Å². The molecule has 0 aliphatic carbocycles. The zero-order chi connectivity index (χ0) is 20.4. The van der Waals surface area contributed by atoms with Crippen molar-refractivity contribution in [3.05, 3.63) is 60.4 Å². The highest BCUT2D eigenvalue weighted by Gasteiger charge is 2.13. The highest BCUT2D eigenvalue weighted by Crippen LogP contribution is 2.13. The summed E-state index contributed by atoms with van der Waals surface area (Å²) in [6.45, 7) is 5.02. The van der Waals surface area contributed by atoms with Crippen molar-refractivity contribution in [3.8, 4) is 5.75 Å².